The summed E-state index contributed by atoms with van der Waals surface area (Å²) in [7, 11) is -3.49. The zero-order chi connectivity index (χ0) is 23.8. The zero-order valence-electron chi connectivity index (χ0n) is 19.5. The maximum Gasteiger partial charge on any atom is 0.232 e. The molecule has 0 aliphatic carbocycles. The van der Waals surface area contributed by atoms with Gasteiger partial charge in [0.25, 0.3) is 0 Å². The van der Waals surface area contributed by atoms with Gasteiger partial charge in [-0.1, -0.05) is 48.4 Å². The minimum absolute atomic E-state index is 0.0842. The molecule has 0 saturated carbocycles. The lowest BCUT2D eigenvalue weighted by Crippen LogP contribution is -2.33. The van der Waals surface area contributed by atoms with E-state index < -0.39 is 10.0 Å². The molecule has 8 heteroatoms. The molecule has 0 atom stereocenters. The molecule has 2 aromatic rings. The summed E-state index contributed by atoms with van der Waals surface area (Å²) in [5.74, 6) is -0.0842. The molecule has 33 heavy (non-hydrogen) atoms. The lowest BCUT2D eigenvalue weighted by Gasteiger charge is -2.27. The van der Waals surface area contributed by atoms with Gasteiger partial charge in [-0.2, -0.15) is 0 Å². The lowest BCUT2D eigenvalue weighted by atomic mass is 10.0. The molecular formula is C25H34ClN3O3S. The van der Waals surface area contributed by atoms with E-state index in [1.807, 2.05) is 12.1 Å². The third-order valence-electron chi connectivity index (χ3n) is 6.11. The maximum absolute atomic E-state index is 12.5. The quantitative estimate of drug-likeness (QED) is 0.531. The normalized spacial score (nSPS) is 14.8. The standard InChI is InChI=1S/C25H34ClN3O3S/c1-20-23(26)12-8-13-24(20)29(33(2,31)32)17-9-14-25(30)27-18-21-10-4-5-11-22(21)19-28-15-6-3-7-16-28/h4-5,8,10-13H,3,6-7,9,14-19H2,1-2H3,(H,27,30). The van der Waals surface area contributed by atoms with Gasteiger partial charge >= 0.3 is 0 Å². The highest BCUT2D eigenvalue weighted by Crippen LogP contribution is 2.28. The number of likely N-dealkylation sites (tertiary alicyclic amines) is 1. The van der Waals surface area contributed by atoms with E-state index in [0.717, 1.165) is 25.2 Å². The molecular weight excluding hydrogens is 458 g/mol. The van der Waals surface area contributed by atoms with Crippen LogP contribution in [0.2, 0.25) is 5.02 Å². The Hall–Kier alpha value is -2.09. The molecule has 6 nitrogen and oxygen atoms in total. The van der Waals surface area contributed by atoms with E-state index in [0.29, 0.717) is 29.2 Å². The van der Waals surface area contributed by atoms with E-state index in [-0.39, 0.29) is 18.9 Å². The largest absolute Gasteiger partial charge is 0.352 e. The molecule has 2 aromatic carbocycles. The summed E-state index contributed by atoms with van der Waals surface area (Å²) in [6, 6.07) is 13.4. The summed E-state index contributed by atoms with van der Waals surface area (Å²) in [5.41, 5.74) is 3.64. The van der Waals surface area contributed by atoms with Crippen LogP contribution >= 0.6 is 11.6 Å². The molecule has 180 valence electrons. The number of rotatable bonds is 10. The molecule has 3 rings (SSSR count). The third-order valence-corrected chi connectivity index (χ3v) is 7.70. The highest BCUT2D eigenvalue weighted by molar-refractivity contribution is 7.92. The fourth-order valence-electron chi connectivity index (χ4n) is 4.24. The van der Waals surface area contributed by atoms with Crippen molar-refractivity contribution in [3.8, 4) is 0 Å². The summed E-state index contributed by atoms with van der Waals surface area (Å²) >= 11 is 6.18. The molecule has 0 spiro atoms. The van der Waals surface area contributed by atoms with E-state index >= 15 is 0 Å². The number of amides is 1. The second-order valence-corrected chi connectivity index (χ2v) is 11.0. The Morgan fingerprint density at radius 1 is 1.06 bits per heavy atom. The van der Waals surface area contributed by atoms with Crippen molar-refractivity contribution in [2.45, 2.75) is 52.1 Å². The number of nitrogens with zero attached hydrogens (tertiary/aromatic N) is 2. The number of carbonyl (C=O) groups excluding carboxylic acids is 1. The van der Waals surface area contributed by atoms with Gasteiger partial charge in [0.05, 0.1) is 11.9 Å². The van der Waals surface area contributed by atoms with E-state index in [9.17, 15) is 13.2 Å². The van der Waals surface area contributed by atoms with Crippen LogP contribution in [0.25, 0.3) is 0 Å². The van der Waals surface area contributed by atoms with Gasteiger partial charge in [0.1, 0.15) is 0 Å². The first kappa shape index (κ1) is 25.5. The van der Waals surface area contributed by atoms with Crippen molar-refractivity contribution in [1.29, 1.82) is 0 Å². The van der Waals surface area contributed by atoms with Gasteiger partial charge in [0, 0.05) is 31.1 Å². The van der Waals surface area contributed by atoms with Crippen molar-refractivity contribution < 1.29 is 13.2 Å². The van der Waals surface area contributed by atoms with Crippen LogP contribution in [0, 0.1) is 6.92 Å². The van der Waals surface area contributed by atoms with Crippen molar-refractivity contribution in [2.24, 2.45) is 0 Å². The molecule has 1 saturated heterocycles. The van der Waals surface area contributed by atoms with E-state index in [4.69, 9.17) is 11.6 Å². The van der Waals surface area contributed by atoms with Gasteiger partial charge in [-0.05, 0) is 68.1 Å². The molecule has 1 fully saturated rings. The van der Waals surface area contributed by atoms with Crippen LogP contribution in [0.5, 0.6) is 0 Å². The summed E-state index contributed by atoms with van der Waals surface area (Å²) in [5, 5.41) is 3.52. The fourth-order valence-corrected chi connectivity index (χ4v) is 5.42. The van der Waals surface area contributed by atoms with Crippen LogP contribution < -0.4 is 9.62 Å². The highest BCUT2D eigenvalue weighted by atomic mass is 35.5. The Balaban J connectivity index is 1.53. The number of piperidine rings is 1. The van der Waals surface area contributed by atoms with E-state index in [1.54, 1.807) is 25.1 Å². The fraction of sp³-hybridized carbons (Fsp3) is 0.480. The number of halogens is 1. The van der Waals surface area contributed by atoms with Crippen molar-refractivity contribution in [3.05, 3.63) is 64.2 Å². The van der Waals surface area contributed by atoms with Gasteiger partial charge in [0.15, 0.2) is 0 Å². The SMILES string of the molecule is Cc1c(Cl)cccc1N(CCCC(=O)NCc1ccccc1CN1CCCCC1)S(C)(=O)=O. The number of hydrogen-bond acceptors (Lipinski definition) is 4. The Bertz CT molecular complexity index is 1050. The zero-order valence-corrected chi connectivity index (χ0v) is 21.1. The minimum atomic E-state index is -3.49. The Morgan fingerprint density at radius 2 is 1.76 bits per heavy atom. The summed E-state index contributed by atoms with van der Waals surface area (Å²) in [6.07, 6.45) is 5.64. The first-order chi connectivity index (χ1) is 15.8. The Kier molecular flexibility index (Phi) is 9.18. The topological polar surface area (TPSA) is 69.7 Å². The number of benzene rings is 2. The van der Waals surface area contributed by atoms with Gasteiger partial charge in [-0.25, -0.2) is 8.42 Å². The monoisotopic (exact) mass is 491 g/mol. The molecule has 1 heterocycles. The number of hydrogen-bond donors (Lipinski definition) is 1. The number of anilines is 1. The molecule has 1 amide bonds. The predicted octanol–water partition coefficient (Wildman–Crippen LogP) is 4.50. The van der Waals surface area contributed by atoms with Gasteiger partial charge in [-0.3, -0.25) is 14.0 Å². The van der Waals surface area contributed by atoms with E-state index in [2.05, 4.69) is 22.3 Å². The van der Waals surface area contributed by atoms with Crippen molar-refractivity contribution in [2.75, 3.05) is 30.2 Å². The summed E-state index contributed by atoms with van der Waals surface area (Å²) < 4.78 is 26.1. The first-order valence-corrected chi connectivity index (χ1v) is 13.8. The van der Waals surface area contributed by atoms with Crippen LogP contribution in [0.4, 0.5) is 5.69 Å². The third kappa shape index (κ3) is 7.45. The van der Waals surface area contributed by atoms with Crippen molar-refractivity contribution >= 4 is 33.2 Å². The molecule has 1 aliphatic heterocycles. The van der Waals surface area contributed by atoms with Gasteiger partial charge in [-0.15, -0.1) is 0 Å². The van der Waals surface area contributed by atoms with E-state index in [1.165, 1.54) is 35.4 Å². The Labute approximate surface area is 203 Å². The van der Waals surface area contributed by atoms with Gasteiger partial charge in [0.2, 0.25) is 15.9 Å². The molecule has 0 unspecified atom stereocenters. The maximum atomic E-state index is 12.5. The highest BCUT2D eigenvalue weighted by Gasteiger charge is 2.20. The van der Waals surface area contributed by atoms with Crippen LogP contribution in [0.3, 0.4) is 0 Å². The van der Waals surface area contributed by atoms with Crippen LogP contribution in [0.1, 0.15) is 48.8 Å². The van der Waals surface area contributed by atoms with Crippen molar-refractivity contribution in [1.82, 2.24) is 10.2 Å². The Morgan fingerprint density at radius 3 is 2.45 bits per heavy atom. The molecule has 0 radical (unpaired) electrons. The first-order valence-electron chi connectivity index (χ1n) is 11.5. The lowest BCUT2D eigenvalue weighted by molar-refractivity contribution is -0.121. The van der Waals surface area contributed by atoms with Crippen LogP contribution in [0.15, 0.2) is 42.5 Å². The number of sulfonamides is 1. The summed E-state index contributed by atoms with van der Waals surface area (Å²) in [4.78, 5) is 15.0. The predicted molar refractivity (Wildman–Crippen MR) is 135 cm³/mol. The summed E-state index contributed by atoms with van der Waals surface area (Å²) in [6.45, 7) is 5.66. The van der Waals surface area contributed by atoms with Crippen molar-refractivity contribution in [3.63, 3.8) is 0 Å². The molecule has 1 aliphatic rings. The average molecular weight is 492 g/mol. The second kappa shape index (κ2) is 11.9. The molecule has 0 aromatic heterocycles. The smallest absolute Gasteiger partial charge is 0.232 e. The number of nitrogens with one attached hydrogen (secondary N) is 1. The second-order valence-electron chi connectivity index (χ2n) is 8.70. The molecule has 1 N–H and O–H groups in total. The van der Waals surface area contributed by atoms with Crippen LogP contribution in [-0.2, 0) is 27.9 Å². The van der Waals surface area contributed by atoms with Gasteiger partial charge < -0.3 is 5.32 Å². The molecule has 0 bridgehead atoms. The minimum Gasteiger partial charge on any atom is -0.352 e. The number of carbonyl (C=O) groups is 1. The average Bonchev–Trinajstić information content (AvgIpc) is 2.78. The van der Waals surface area contributed by atoms with Crippen LogP contribution in [-0.4, -0.2) is 45.1 Å².